The van der Waals surface area contributed by atoms with Gasteiger partial charge in [-0.2, -0.15) is 0 Å². The third kappa shape index (κ3) is 11.0. The first kappa shape index (κ1) is 53.5. The first-order valence-electron chi connectivity index (χ1n) is 27.7. The molecule has 80 heavy (non-hydrogen) atoms. The molecule has 0 bridgehead atoms. The molecule has 4 aliphatic rings. The Bertz CT molecular complexity index is 3850. The largest absolute Gasteiger partial charge is 0.492 e. The molecule has 0 saturated carbocycles. The molecule has 3 atom stereocenters. The standard InChI is InChI=1S/C34H36N4O3.C32H32N4O3/c1-22-19-37(24(3)39)20-23(2)38(22)16-17-41-28-12-8-25(9-13-28)26-10-14-32-27(18-26)11-15-33(35-32)31-21-36(4)34(40)30-7-5-6-29(30)31;1-21-31(37)34(2)15-16-36(21)17-18-39-25-11-7-22(8-12-25)29-14-10-24-19-23(9-13-30(24)33-29)28-20-35(3)32(38)27-6-4-5-26(27)28/h5-6,8-15,18,21-23H,7,16-17,19-20H2,1-4H3;4-5,7-14,19-21H,6,15-18H2,1-3H3/t22-,23+;21-/m.1/s1. The highest BCUT2D eigenvalue weighted by Gasteiger charge is 2.31. The van der Waals surface area contributed by atoms with Gasteiger partial charge in [0.1, 0.15) is 24.7 Å². The van der Waals surface area contributed by atoms with Crippen LogP contribution in [0.3, 0.4) is 0 Å². The van der Waals surface area contributed by atoms with E-state index < -0.39 is 0 Å². The fraction of sp³-hybridized carbons (Fsp3) is 0.303. The summed E-state index contributed by atoms with van der Waals surface area (Å²) >= 11 is 0. The van der Waals surface area contributed by atoms with Crippen molar-refractivity contribution < 1.29 is 19.1 Å². The van der Waals surface area contributed by atoms with Crippen molar-refractivity contribution in [2.45, 2.75) is 58.7 Å². The molecule has 0 N–H and O–H groups in total. The van der Waals surface area contributed by atoms with Crippen molar-refractivity contribution in [3.8, 4) is 56.3 Å². The smallest absolute Gasteiger partial charge is 0.254 e. The van der Waals surface area contributed by atoms with E-state index in [0.29, 0.717) is 38.1 Å². The van der Waals surface area contributed by atoms with Crippen molar-refractivity contribution in [3.05, 3.63) is 177 Å². The number of aromatic nitrogens is 4. The number of fused-ring (bicyclic) bond motifs is 4. The van der Waals surface area contributed by atoms with Crippen LogP contribution in [0.2, 0.25) is 0 Å². The Morgan fingerprint density at radius 1 is 0.575 bits per heavy atom. The maximum absolute atomic E-state index is 12.5. The van der Waals surface area contributed by atoms with Crippen LogP contribution < -0.4 is 20.6 Å². The van der Waals surface area contributed by atoms with Gasteiger partial charge < -0.3 is 28.4 Å². The quantitative estimate of drug-likeness (QED) is 0.116. The second kappa shape index (κ2) is 22.7. The zero-order chi connectivity index (χ0) is 55.8. The minimum atomic E-state index is -0.108. The SMILES string of the molecule is CC(=O)N1C[C@@H](C)N(CCOc2ccc(-c3ccc4nc(-c5cn(C)c(=O)c6c5C=CC6)ccc4c3)cc2)[C@@H](C)C1.C[C@@H]1C(=O)N(C)CCN1CCOc1ccc(-c2ccc3cc(-c4cn(C)c(=O)c5c4C=CC5)ccc3n2)cc1. The van der Waals surface area contributed by atoms with Crippen LogP contribution in [0.5, 0.6) is 11.5 Å². The average Bonchev–Trinajstić information content (AvgIpc) is 4.21. The first-order valence-corrected chi connectivity index (χ1v) is 27.7. The van der Waals surface area contributed by atoms with E-state index in [4.69, 9.17) is 19.4 Å². The average molecular weight is 1070 g/mol. The monoisotopic (exact) mass is 1070 g/mol. The number of allylic oxidation sites excluding steroid dienone is 2. The Balaban J connectivity index is 0.000000169. The van der Waals surface area contributed by atoms with Gasteiger partial charge in [0.2, 0.25) is 11.8 Å². The van der Waals surface area contributed by atoms with Crippen LogP contribution in [-0.2, 0) is 36.5 Å². The Hall–Kier alpha value is -8.46. The molecule has 12 rings (SSSR count). The lowest BCUT2D eigenvalue weighted by molar-refractivity contribution is -0.139. The number of pyridine rings is 4. The molecule has 0 spiro atoms. The number of nitrogens with zero attached hydrogens (tertiary/aromatic N) is 8. The number of likely N-dealkylation sites (N-methyl/N-ethyl adjacent to an activating group) is 1. The molecule has 4 aromatic heterocycles. The summed E-state index contributed by atoms with van der Waals surface area (Å²) in [5, 5.41) is 2.12. The lowest BCUT2D eigenvalue weighted by Gasteiger charge is -2.44. The summed E-state index contributed by atoms with van der Waals surface area (Å²) in [6, 6.07) is 37.6. The van der Waals surface area contributed by atoms with Crippen LogP contribution >= 0.6 is 0 Å². The Labute approximate surface area is 466 Å². The molecule has 14 nitrogen and oxygen atoms in total. The number of piperazine rings is 2. The van der Waals surface area contributed by atoms with Crippen molar-refractivity contribution in [2.24, 2.45) is 14.1 Å². The summed E-state index contributed by atoms with van der Waals surface area (Å²) in [6.45, 7) is 13.8. The topological polar surface area (TPSA) is 135 Å². The summed E-state index contributed by atoms with van der Waals surface area (Å²) in [4.78, 5) is 67.1. The summed E-state index contributed by atoms with van der Waals surface area (Å²) in [6.07, 6.45) is 13.4. The van der Waals surface area contributed by atoms with Crippen molar-refractivity contribution in [1.82, 2.24) is 38.7 Å². The van der Waals surface area contributed by atoms with Gasteiger partial charge in [0, 0.05) is 130 Å². The van der Waals surface area contributed by atoms with E-state index in [-0.39, 0.29) is 29.0 Å². The molecule has 0 unspecified atom stereocenters. The minimum absolute atomic E-state index is 0.0593. The second-order valence-electron chi connectivity index (χ2n) is 21.7. The zero-order valence-corrected chi connectivity index (χ0v) is 46.7. The molecule has 8 aromatic rings. The number of carbonyl (C=O) groups excluding carboxylic acids is 2. The fourth-order valence-electron chi connectivity index (χ4n) is 11.8. The van der Waals surface area contributed by atoms with E-state index in [1.54, 1.807) is 28.0 Å². The lowest BCUT2D eigenvalue weighted by Crippen LogP contribution is -2.58. The molecule has 0 radical (unpaired) electrons. The van der Waals surface area contributed by atoms with Gasteiger partial charge in [-0.1, -0.05) is 60.7 Å². The van der Waals surface area contributed by atoms with Crippen LogP contribution in [0.25, 0.3) is 78.7 Å². The van der Waals surface area contributed by atoms with Gasteiger partial charge in [-0.3, -0.25) is 29.0 Å². The van der Waals surface area contributed by atoms with E-state index in [2.05, 4.69) is 90.4 Å². The van der Waals surface area contributed by atoms with Crippen molar-refractivity contribution in [3.63, 3.8) is 0 Å². The number of amides is 2. The number of ether oxygens (including phenoxy) is 2. The normalized spacial score (nSPS) is 17.9. The highest BCUT2D eigenvalue weighted by Crippen LogP contribution is 2.34. The van der Waals surface area contributed by atoms with Crippen molar-refractivity contribution in [2.75, 3.05) is 59.5 Å². The van der Waals surface area contributed by atoms with Crippen molar-refractivity contribution >= 4 is 45.8 Å². The molecule has 14 heteroatoms. The van der Waals surface area contributed by atoms with Crippen LogP contribution in [0, 0.1) is 0 Å². The van der Waals surface area contributed by atoms with Gasteiger partial charge in [-0.05, 0) is 134 Å². The molecule has 4 aromatic carbocycles. The fourth-order valence-corrected chi connectivity index (χ4v) is 11.8. The second-order valence-corrected chi connectivity index (χ2v) is 21.7. The van der Waals surface area contributed by atoms with Crippen LogP contribution in [-0.4, -0.2) is 128 Å². The third-order valence-electron chi connectivity index (χ3n) is 16.4. The molecule has 6 heterocycles. The number of carbonyl (C=O) groups is 2. The predicted octanol–water partition coefficient (Wildman–Crippen LogP) is 9.53. The molecule has 2 saturated heterocycles. The lowest BCUT2D eigenvalue weighted by atomic mass is 9.98. The van der Waals surface area contributed by atoms with E-state index in [1.807, 2.05) is 105 Å². The summed E-state index contributed by atoms with van der Waals surface area (Å²) < 4.78 is 15.4. The van der Waals surface area contributed by atoms with Gasteiger partial charge in [-0.15, -0.1) is 0 Å². The van der Waals surface area contributed by atoms with Gasteiger partial charge in [-0.25, -0.2) is 9.97 Å². The molecule has 2 amide bonds. The molecule has 2 aliphatic carbocycles. The molecular formula is C66H68N8O6. The Morgan fingerprint density at radius 3 is 1.70 bits per heavy atom. The minimum Gasteiger partial charge on any atom is -0.492 e. The summed E-state index contributed by atoms with van der Waals surface area (Å²) in [7, 11) is 5.47. The number of hydrogen-bond acceptors (Lipinski definition) is 10. The molecule has 408 valence electrons. The van der Waals surface area contributed by atoms with Crippen molar-refractivity contribution in [1.29, 1.82) is 0 Å². The van der Waals surface area contributed by atoms with Crippen LogP contribution in [0.1, 0.15) is 49.9 Å². The van der Waals surface area contributed by atoms with E-state index in [1.165, 1.54) is 0 Å². The number of benzene rings is 4. The number of aryl methyl sites for hydroxylation is 2. The maximum atomic E-state index is 12.5. The highest BCUT2D eigenvalue weighted by atomic mass is 16.5. The van der Waals surface area contributed by atoms with E-state index in [0.717, 1.165) is 140 Å². The zero-order valence-electron chi connectivity index (χ0n) is 46.7. The molecule has 2 fully saturated rings. The first-order chi connectivity index (χ1) is 38.7. The van der Waals surface area contributed by atoms with E-state index in [9.17, 15) is 19.2 Å². The number of hydrogen-bond donors (Lipinski definition) is 0. The maximum Gasteiger partial charge on any atom is 0.254 e. The van der Waals surface area contributed by atoms with Crippen LogP contribution in [0.4, 0.5) is 0 Å². The molecule has 2 aliphatic heterocycles. The van der Waals surface area contributed by atoms with Gasteiger partial charge >= 0.3 is 0 Å². The van der Waals surface area contributed by atoms with Gasteiger partial charge in [0.05, 0.1) is 28.5 Å². The summed E-state index contributed by atoms with van der Waals surface area (Å²) in [5.41, 5.74) is 13.8. The Kier molecular flexibility index (Phi) is 15.2. The highest BCUT2D eigenvalue weighted by molar-refractivity contribution is 5.90. The van der Waals surface area contributed by atoms with Gasteiger partial charge in [0.25, 0.3) is 11.1 Å². The Morgan fingerprint density at radius 2 is 1.09 bits per heavy atom. The molecular weight excluding hydrogens is 1000 g/mol. The van der Waals surface area contributed by atoms with Crippen LogP contribution in [0.15, 0.2) is 143 Å². The summed E-state index contributed by atoms with van der Waals surface area (Å²) in [5.74, 6) is 1.96. The predicted molar refractivity (Wildman–Crippen MR) is 319 cm³/mol. The number of rotatable bonds is 12. The van der Waals surface area contributed by atoms with E-state index >= 15 is 0 Å². The van der Waals surface area contributed by atoms with Gasteiger partial charge in [0.15, 0.2) is 0 Å². The third-order valence-corrected chi connectivity index (χ3v) is 16.4.